The molecule has 0 heterocycles. The van der Waals surface area contributed by atoms with Crippen molar-refractivity contribution in [2.24, 2.45) is 0 Å². The molecule has 0 aliphatic rings. The van der Waals surface area contributed by atoms with Crippen molar-refractivity contribution in [2.45, 2.75) is 45.1 Å². The van der Waals surface area contributed by atoms with E-state index in [1.54, 1.807) is 12.1 Å². The van der Waals surface area contributed by atoms with E-state index in [1.165, 1.54) is 24.1 Å². The lowest BCUT2D eigenvalue weighted by Gasteiger charge is -2.20. The Hall–Kier alpha value is -4.93. The molecule has 0 bridgehead atoms. The first-order valence-corrected chi connectivity index (χ1v) is 14.9. The second-order valence-electron chi connectivity index (χ2n) is 11.0. The van der Waals surface area contributed by atoms with Crippen LogP contribution in [-0.2, 0) is 12.5 Å². The largest absolute Gasteiger partial charge is 0.573 e. The zero-order valence-electron chi connectivity index (χ0n) is 25.3. The summed E-state index contributed by atoms with van der Waals surface area (Å²) in [6.07, 6.45) is -5.51. The van der Waals surface area contributed by atoms with Gasteiger partial charge in [0.15, 0.2) is 11.6 Å². The van der Waals surface area contributed by atoms with E-state index in [-0.39, 0.29) is 17.2 Å². The molecule has 0 aliphatic heterocycles. The second-order valence-corrected chi connectivity index (χ2v) is 11.0. The van der Waals surface area contributed by atoms with Crippen LogP contribution in [0.4, 0.5) is 39.5 Å². The number of rotatable bonds is 11. The van der Waals surface area contributed by atoms with Gasteiger partial charge in [-0.15, -0.1) is 13.2 Å². The SMILES string of the molecule is CCCCCc1ccc(-c2ccc(-c3ccc(-c4cc(F)c(C(F)(F)Oc5ccc(OC(F)(F)F)c(F)c5)c(F)c4)c(F)c3)cc2)cc1. The second kappa shape index (κ2) is 14.0. The van der Waals surface area contributed by atoms with Crippen LogP contribution in [0.3, 0.4) is 0 Å². The first kappa shape index (κ1) is 34.4. The molecule has 0 saturated heterocycles. The Morgan fingerprint density at radius 3 is 1.60 bits per heavy atom. The van der Waals surface area contributed by atoms with E-state index in [4.69, 9.17) is 0 Å². The Labute approximate surface area is 270 Å². The predicted molar refractivity (Wildman–Crippen MR) is 163 cm³/mol. The molecule has 0 unspecified atom stereocenters. The van der Waals surface area contributed by atoms with Crippen LogP contribution in [-0.4, -0.2) is 6.36 Å². The molecular weight excluding hydrogens is 647 g/mol. The Morgan fingerprint density at radius 1 is 0.521 bits per heavy atom. The van der Waals surface area contributed by atoms with Gasteiger partial charge in [-0.1, -0.05) is 80.4 Å². The summed E-state index contributed by atoms with van der Waals surface area (Å²) in [6, 6.07) is 21.5. The van der Waals surface area contributed by atoms with Crippen LogP contribution in [0, 0.1) is 23.3 Å². The summed E-state index contributed by atoms with van der Waals surface area (Å²) >= 11 is 0. The van der Waals surface area contributed by atoms with Crippen LogP contribution in [0.1, 0.15) is 37.3 Å². The van der Waals surface area contributed by atoms with Crippen molar-refractivity contribution in [1.29, 1.82) is 0 Å². The third-order valence-corrected chi connectivity index (χ3v) is 7.56. The zero-order valence-corrected chi connectivity index (χ0v) is 25.3. The first-order valence-electron chi connectivity index (χ1n) is 14.9. The lowest BCUT2D eigenvalue weighted by Crippen LogP contribution is -2.25. The maximum atomic E-state index is 15.2. The summed E-state index contributed by atoms with van der Waals surface area (Å²) in [7, 11) is 0. The molecule has 5 aromatic rings. The summed E-state index contributed by atoms with van der Waals surface area (Å²) < 4.78 is 133. The van der Waals surface area contributed by atoms with Crippen molar-refractivity contribution < 1.29 is 49.0 Å². The van der Waals surface area contributed by atoms with Gasteiger partial charge in [-0.2, -0.15) is 8.78 Å². The minimum Gasteiger partial charge on any atom is -0.429 e. The lowest BCUT2D eigenvalue weighted by molar-refractivity contribution is -0.275. The maximum absolute atomic E-state index is 15.2. The van der Waals surface area contributed by atoms with E-state index < -0.39 is 52.8 Å². The number of hydrogen-bond donors (Lipinski definition) is 0. The van der Waals surface area contributed by atoms with Gasteiger partial charge in [-0.05, 0) is 76.6 Å². The molecule has 0 atom stereocenters. The minimum atomic E-state index is -5.26. The lowest BCUT2D eigenvalue weighted by atomic mass is 9.96. The fraction of sp³-hybridized carbons (Fsp3) is 0.189. The molecule has 250 valence electrons. The molecule has 0 aromatic heterocycles. The van der Waals surface area contributed by atoms with Crippen molar-refractivity contribution in [3.05, 3.63) is 131 Å². The van der Waals surface area contributed by atoms with Gasteiger partial charge in [-0.3, -0.25) is 0 Å². The topological polar surface area (TPSA) is 18.5 Å². The van der Waals surface area contributed by atoms with Crippen LogP contribution in [0.15, 0.2) is 97.1 Å². The van der Waals surface area contributed by atoms with Gasteiger partial charge in [-0.25, -0.2) is 17.6 Å². The highest BCUT2D eigenvalue weighted by Crippen LogP contribution is 2.39. The number of aryl methyl sites for hydroxylation is 1. The third-order valence-electron chi connectivity index (χ3n) is 7.56. The summed E-state index contributed by atoms with van der Waals surface area (Å²) in [5.41, 5.74) is 1.84. The predicted octanol–water partition coefficient (Wildman–Crippen LogP) is 12.0. The van der Waals surface area contributed by atoms with Crippen LogP contribution >= 0.6 is 0 Å². The molecule has 0 radical (unpaired) electrons. The zero-order chi connectivity index (χ0) is 34.6. The van der Waals surface area contributed by atoms with E-state index in [2.05, 4.69) is 28.5 Å². The molecule has 0 saturated carbocycles. The summed E-state index contributed by atoms with van der Waals surface area (Å²) in [4.78, 5) is 0. The van der Waals surface area contributed by atoms with Gasteiger partial charge in [0.05, 0.1) is 0 Å². The van der Waals surface area contributed by atoms with Crippen molar-refractivity contribution in [3.8, 4) is 44.9 Å². The molecule has 0 aliphatic carbocycles. The Balaban J connectivity index is 1.32. The first-order chi connectivity index (χ1) is 22.7. The summed E-state index contributed by atoms with van der Waals surface area (Å²) in [5.74, 6) is -8.57. The van der Waals surface area contributed by atoms with Gasteiger partial charge >= 0.3 is 12.5 Å². The molecule has 2 nitrogen and oxygen atoms in total. The monoisotopic (exact) mass is 674 g/mol. The Kier molecular flexibility index (Phi) is 10.1. The van der Waals surface area contributed by atoms with Crippen LogP contribution in [0.2, 0.25) is 0 Å². The normalized spacial score (nSPS) is 11.9. The number of halogens is 9. The quantitative estimate of drug-likeness (QED) is 0.103. The fourth-order valence-corrected chi connectivity index (χ4v) is 5.19. The summed E-state index contributed by atoms with van der Waals surface area (Å²) in [6.45, 7) is 2.16. The van der Waals surface area contributed by atoms with Crippen molar-refractivity contribution in [2.75, 3.05) is 0 Å². The number of benzene rings is 5. The maximum Gasteiger partial charge on any atom is 0.573 e. The average molecular weight is 675 g/mol. The molecule has 0 N–H and O–H groups in total. The van der Waals surface area contributed by atoms with E-state index in [0.29, 0.717) is 35.4 Å². The van der Waals surface area contributed by atoms with Gasteiger partial charge in [0, 0.05) is 11.6 Å². The molecule has 5 rings (SSSR count). The molecule has 0 fully saturated rings. The highest BCUT2D eigenvalue weighted by Gasteiger charge is 2.42. The number of hydrogen-bond acceptors (Lipinski definition) is 2. The number of ether oxygens (including phenoxy) is 2. The van der Waals surface area contributed by atoms with E-state index in [1.807, 2.05) is 24.3 Å². The Morgan fingerprint density at radius 2 is 1.06 bits per heavy atom. The Bertz CT molecular complexity index is 1860. The van der Waals surface area contributed by atoms with Gasteiger partial charge < -0.3 is 9.47 Å². The van der Waals surface area contributed by atoms with E-state index in [0.717, 1.165) is 36.5 Å². The molecule has 11 heteroatoms. The molecular formula is C37H27F9O2. The van der Waals surface area contributed by atoms with Gasteiger partial charge in [0.1, 0.15) is 28.8 Å². The highest BCUT2D eigenvalue weighted by molar-refractivity contribution is 5.74. The van der Waals surface area contributed by atoms with E-state index in [9.17, 15) is 35.1 Å². The third kappa shape index (κ3) is 8.13. The molecule has 5 aromatic carbocycles. The number of alkyl halides is 5. The van der Waals surface area contributed by atoms with Crippen molar-refractivity contribution in [3.63, 3.8) is 0 Å². The molecule has 0 spiro atoms. The highest BCUT2D eigenvalue weighted by atomic mass is 19.4. The molecule has 48 heavy (non-hydrogen) atoms. The van der Waals surface area contributed by atoms with E-state index >= 15 is 4.39 Å². The minimum absolute atomic E-state index is 0.135. The van der Waals surface area contributed by atoms with Gasteiger partial charge in [0.25, 0.3) is 0 Å². The van der Waals surface area contributed by atoms with Gasteiger partial charge in [0.2, 0.25) is 0 Å². The molecule has 0 amide bonds. The fourth-order valence-electron chi connectivity index (χ4n) is 5.19. The number of unbranched alkanes of at least 4 members (excludes halogenated alkanes) is 2. The average Bonchev–Trinajstić information content (AvgIpc) is 3.01. The van der Waals surface area contributed by atoms with Crippen LogP contribution in [0.5, 0.6) is 11.5 Å². The van der Waals surface area contributed by atoms with Crippen molar-refractivity contribution in [1.82, 2.24) is 0 Å². The standard InChI is InChI=1S/C37H27F9O2/c1-2-3-4-5-22-6-8-23(9-7-22)24-10-12-25(13-11-24)26-14-16-29(30(38)18-26)27-19-32(40)35(33(41)20-27)36(42,43)47-28-15-17-34(31(39)21-28)48-37(44,45)46/h6-21H,2-5H2,1H3. The summed E-state index contributed by atoms with van der Waals surface area (Å²) in [5, 5.41) is 0. The van der Waals surface area contributed by atoms with Crippen molar-refractivity contribution >= 4 is 0 Å². The van der Waals surface area contributed by atoms with Crippen LogP contribution < -0.4 is 9.47 Å². The van der Waals surface area contributed by atoms with Crippen LogP contribution in [0.25, 0.3) is 33.4 Å². The smallest absolute Gasteiger partial charge is 0.429 e.